The standard InChI is InChI=1S/C18H18FN3O3/c1-10(2)13-7-14(16(24)8-15(13)23)17-20-21-18(25)22(17)9-11-3-5-12(19)6-4-11/h3-8,10,23-24H,9H2,1-2H3,(H,21,25). The van der Waals surface area contributed by atoms with Crippen LogP contribution in [0.25, 0.3) is 11.4 Å². The van der Waals surface area contributed by atoms with Gasteiger partial charge in [-0.05, 0) is 35.2 Å². The minimum Gasteiger partial charge on any atom is -0.508 e. The first kappa shape index (κ1) is 16.8. The number of aromatic hydroxyl groups is 3. The largest absolute Gasteiger partial charge is 0.508 e. The molecule has 0 aliphatic rings. The monoisotopic (exact) mass is 343 g/mol. The lowest BCUT2D eigenvalue weighted by molar-refractivity contribution is 0.404. The normalized spacial score (nSPS) is 11.2. The predicted octanol–water partition coefficient (Wildman–Crippen LogP) is 3.37. The molecule has 1 heterocycles. The van der Waals surface area contributed by atoms with E-state index in [1.54, 1.807) is 18.2 Å². The summed E-state index contributed by atoms with van der Waals surface area (Å²) in [5.41, 5.74) is 1.72. The molecule has 1 aromatic heterocycles. The maximum Gasteiger partial charge on any atom is 0.315 e. The molecule has 0 amide bonds. The fraction of sp³-hybridized carbons (Fsp3) is 0.222. The van der Waals surface area contributed by atoms with Crippen molar-refractivity contribution in [2.45, 2.75) is 26.3 Å². The molecule has 0 unspecified atom stereocenters. The Hall–Kier alpha value is -3.09. The van der Waals surface area contributed by atoms with Gasteiger partial charge in [-0.15, -0.1) is 5.10 Å². The highest BCUT2D eigenvalue weighted by molar-refractivity contribution is 5.68. The Labute approximate surface area is 143 Å². The smallest absolute Gasteiger partial charge is 0.315 e. The molecular formula is C18H18FN3O3. The van der Waals surface area contributed by atoms with Gasteiger partial charge in [-0.2, -0.15) is 0 Å². The van der Waals surface area contributed by atoms with Crippen molar-refractivity contribution in [3.63, 3.8) is 0 Å². The molecule has 0 saturated heterocycles. The molecule has 0 radical (unpaired) electrons. The van der Waals surface area contributed by atoms with Crippen LogP contribution in [0.5, 0.6) is 17.5 Å². The van der Waals surface area contributed by atoms with Crippen molar-refractivity contribution in [2.24, 2.45) is 0 Å². The van der Waals surface area contributed by atoms with Gasteiger partial charge >= 0.3 is 6.01 Å². The van der Waals surface area contributed by atoms with Crippen LogP contribution in [0.2, 0.25) is 0 Å². The van der Waals surface area contributed by atoms with Gasteiger partial charge in [0.15, 0.2) is 5.82 Å². The number of phenols is 2. The van der Waals surface area contributed by atoms with Gasteiger partial charge in [0.05, 0.1) is 12.1 Å². The van der Waals surface area contributed by atoms with Gasteiger partial charge < -0.3 is 15.3 Å². The zero-order valence-corrected chi connectivity index (χ0v) is 13.8. The van der Waals surface area contributed by atoms with E-state index in [-0.39, 0.29) is 41.6 Å². The predicted molar refractivity (Wildman–Crippen MR) is 90.0 cm³/mol. The number of nitrogens with zero attached hydrogens (tertiary/aromatic N) is 3. The minimum atomic E-state index is -0.352. The van der Waals surface area contributed by atoms with Crippen LogP contribution >= 0.6 is 0 Å². The second-order valence-electron chi connectivity index (χ2n) is 6.12. The average Bonchev–Trinajstić information content (AvgIpc) is 2.90. The highest BCUT2D eigenvalue weighted by atomic mass is 19.1. The molecule has 6 nitrogen and oxygen atoms in total. The molecule has 3 aromatic rings. The molecule has 7 heteroatoms. The second-order valence-corrected chi connectivity index (χ2v) is 6.12. The summed E-state index contributed by atoms with van der Waals surface area (Å²) in [5.74, 6) is -0.253. The van der Waals surface area contributed by atoms with Crippen molar-refractivity contribution in [3.05, 3.63) is 53.3 Å². The molecule has 0 spiro atoms. The molecule has 0 aliphatic heterocycles. The Morgan fingerprint density at radius 1 is 1.00 bits per heavy atom. The summed E-state index contributed by atoms with van der Waals surface area (Å²) in [5, 5.41) is 37.8. The zero-order chi connectivity index (χ0) is 18.1. The first-order chi connectivity index (χ1) is 11.9. The van der Waals surface area contributed by atoms with Crippen LogP contribution in [0.15, 0.2) is 36.4 Å². The molecule has 130 valence electrons. The molecule has 0 bridgehead atoms. The van der Waals surface area contributed by atoms with Crippen molar-refractivity contribution in [3.8, 4) is 28.9 Å². The molecular weight excluding hydrogens is 325 g/mol. The molecule has 3 rings (SSSR count). The average molecular weight is 343 g/mol. The summed E-state index contributed by atoms with van der Waals surface area (Å²) in [4.78, 5) is 0. The van der Waals surface area contributed by atoms with E-state index in [0.29, 0.717) is 11.1 Å². The maximum absolute atomic E-state index is 13.1. The lowest BCUT2D eigenvalue weighted by Crippen LogP contribution is -2.03. The zero-order valence-electron chi connectivity index (χ0n) is 13.8. The third kappa shape index (κ3) is 3.26. The first-order valence-electron chi connectivity index (χ1n) is 7.79. The van der Waals surface area contributed by atoms with Gasteiger partial charge in [0, 0.05) is 6.07 Å². The molecule has 25 heavy (non-hydrogen) atoms. The fourth-order valence-electron chi connectivity index (χ4n) is 2.65. The maximum atomic E-state index is 13.1. The molecule has 0 saturated carbocycles. The SMILES string of the molecule is CC(C)c1cc(-c2nnc(O)n2Cc2ccc(F)cc2)c(O)cc1O. The summed E-state index contributed by atoms with van der Waals surface area (Å²) >= 11 is 0. The number of benzene rings is 2. The van der Waals surface area contributed by atoms with Crippen molar-refractivity contribution >= 4 is 0 Å². The van der Waals surface area contributed by atoms with Crippen molar-refractivity contribution in [1.82, 2.24) is 14.8 Å². The van der Waals surface area contributed by atoms with Gasteiger partial charge in [0.25, 0.3) is 0 Å². The summed E-state index contributed by atoms with van der Waals surface area (Å²) in [6.07, 6.45) is 0. The summed E-state index contributed by atoms with van der Waals surface area (Å²) in [7, 11) is 0. The van der Waals surface area contributed by atoms with Crippen LogP contribution in [0.4, 0.5) is 4.39 Å². The molecule has 0 fully saturated rings. The van der Waals surface area contributed by atoms with Crippen molar-refractivity contribution in [1.29, 1.82) is 0 Å². The lowest BCUT2D eigenvalue weighted by atomic mass is 9.98. The van der Waals surface area contributed by atoms with Gasteiger partial charge in [0.2, 0.25) is 0 Å². The van der Waals surface area contributed by atoms with Crippen molar-refractivity contribution < 1.29 is 19.7 Å². The van der Waals surface area contributed by atoms with E-state index in [1.165, 1.54) is 22.8 Å². The number of rotatable bonds is 4. The number of hydrogen-bond donors (Lipinski definition) is 3. The fourth-order valence-corrected chi connectivity index (χ4v) is 2.65. The van der Waals surface area contributed by atoms with Crippen LogP contribution in [0.3, 0.4) is 0 Å². The van der Waals surface area contributed by atoms with E-state index >= 15 is 0 Å². The third-order valence-electron chi connectivity index (χ3n) is 3.99. The van der Waals surface area contributed by atoms with E-state index in [4.69, 9.17) is 0 Å². The Kier molecular flexibility index (Phi) is 4.31. The van der Waals surface area contributed by atoms with E-state index < -0.39 is 0 Å². The summed E-state index contributed by atoms with van der Waals surface area (Å²) < 4.78 is 14.5. The molecule has 3 N–H and O–H groups in total. The van der Waals surface area contributed by atoms with Gasteiger partial charge in [-0.25, -0.2) is 4.39 Å². The highest BCUT2D eigenvalue weighted by Crippen LogP contribution is 2.38. The second kappa shape index (κ2) is 6.43. The van der Waals surface area contributed by atoms with E-state index in [9.17, 15) is 19.7 Å². The van der Waals surface area contributed by atoms with Gasteiger partial charge in [-0.1, -0.05) is 31.1 Å². The number of aromatic nitrogens is 3. The number of hydrogen-bond acceptors (Lipinski definition) is 5. The van der Waals surface area contributed by atoms with E-state index in [2.05, 4.69) is 10.2 Å². The Bertz CT molecular complexity index is 905. The van der Waals surface area contributed by atoms with Gasteiger partial charge in [-0.3, -0.25) is 4.57 Å². The molecule has 0 aliphatic carbocycles. The molecule has 2 aromatic carbocycles. The molecule has 0 atom stereocenters. The summed E-state index contributed by atoms with van der Waals surface area (Å²) in [6.45, 7) is 4.03. The number of halogens is 1. The van der Waals surface area contributed by atoms with Crippen LogP contribution in [-0.4, -0.2) is 30.1 Å². The van der Waals surface area contributed by atoms with Crippen LogP contribution in [0.1, 0.15) is 30.9 Å². The number of phenolic OH excluding ortho intramolecular Hbond substituents is 2. The summed E-state index contributed by atoms with van der Waals surface area (Å²) in [6, 6.07) is 8.39. The highest BCUT2D eigenvalue weighted by Gasteiger charge is 2.20. The Morgan fingerprint density at radius 2 is 1.68 bits per heavy atom. The van der Waals surface area contributed by atoms with Gasteiger partial charge in [0.1, 0.15) is 17.3 Å². The Balaban J connectivity index is 2.07. The van der Waals surface area contributed by atoms with Crippen LogP contribution < -0.4 is 0 Å². The third-order valence-corrected chi connectivity index (χ3v) is 3.99. The van der Waals surface area contributed by atoms with E-state index in [1.807, 2.05) is 13.8 Å². The minimum absolute atomic E-state index is 0.00919. The van der Waals surface area contributed by atoms with Crippen molar-refractivity contribution in [2.75, 3.05) is 0 Å². The lowest BCUT2D eigenvalue weighted by Gasteiger charge is -2.13. The van der Waals surface area contributed by atoms with E-state index in [0.717, 1.165) is 5.56 Å². The van der Waals surface area contributed by atoms with Crippen LogP contribution in [-0.2, 0) is 6.54 Å². The first-order valence-corrected chi connectivity index (χ1v) is 7.79. The topological polar surface area (TPSA) is 91.4 Å². The Morgan fingerprint density at radius 3 is 2.32 bits per heavy atom. The van der Waals surface area contributed by atoms with Crippen LogP contribution in [0, 0.1) is 5.82 Å². The quantitative estimate of drug-likeness (QED) is 0.675.